The molecule has 3 nitrogen and oxygen atoms in total. The average Bonchev–Trinajstić information content (AvgIpc) is 2.77. The van der Waals surface area contributed by atoms with Gasteiger partial charge in [0.05, 0.1) is 0 Å². The smallest absolute Gasteiger partial charge is 0.191 e. The van der Waals surface area contributed by atoms with E-state index in [0.717, 1.165) is 37.8 Å². The number of nitrogens with one attached hydrogen (secondary N) is 2. The van der Waals surface area contributed by atoms with Crippen LogP contribution in [0.1, 0.15) is 46.5 Å². The van der Waals surface area contributed by atoms with Crippen LogP contribution in [0.4, 0.5) is 0 Å². The van der Waals surface area contributed by atoms with Crippen LogP contribution >= 0.6 is 0 Å². The number of aliphatic imine (C=N–C) groups is 1. The molecule has 0 spiro atoms. The zero-order chi connectivity index (χ0) is 12.5. The van der Waals surface area contributed by atoms with Gasteiger partial charge in [-0.2, -0.15) is 0 Å². The zero-order valence-corrected chi connectivity index (χ0v) is 11.5. The van der Waals surface area contributed by atoms with E-state index in [4.69, 9.17) is 0 Å². The van der Waals surface area contributed by atoms with Crippen molar-refractivity contribution in [3.05, 3.63) is 12.2 Å². The van der Waals surface area contributed by atoms with Crippen LogP contribution in [-0.2, 0) is 0 Å². The van der Waals surface area contributed by atoms with E-state index in [1.165, 1.54) is 12.8 Å². The first-order valence-electron chi connectivity index (χ1n) is 6.92. The van der Waals surface area contributed by atoms with E-state index < -0.39 is 0 Å². The fourth-order valence-corrected chi connectivity index (χ4v) is 1.94. The van der Waals surface area contributed by atoms with E-state index in [0.29, 0.717) is 6.04 Å². The van der Waals surface area contributed by atoms with Crippen molar-refractivity contribution in [2.24, 2.45) is 10.9 Å². The summed E-state index contributed by atoms with van der Waals surface area (Å²) in [6.45, 7) is 8.48. The molecule has 0 radical (unpaired) electrons. The first-order chi connectivity index (χ1) is 8.22. The second-order valence-electron chi connectivity index (χ2n) is 5.08. The van der Waals surface area contributed by atoms with Crippen molar-refractivity contribution >= 4 is 5.96 Å². The van der Waals surface area contributed by atoms with Crippen molar-refractivity contribution in [2.45, 2.75) is 52.5 Å². The molecule has 1 aliphatic carbocycles. The Hall–Kier alpha value is -0.990. The van der Waals surface area contributed by atoms with Crippen molar-refractivity contribution in [1.82, 2.24) is 10.6 Å². The summed E-state index contributed by atoms with van der Waals surface area (Å²) < 4.78 is 0. The summed E-state index contributed by atoms with van der Waals surface area (Å²) in [7, 11) is 0. The lowest BCUT2D eigenvalue weighted by atomic mass is 10.1. The van der Waals surface area contributed by atoms with Gasteiger partial charge in [-0.25, -0.2) is 0 Å². The summed E-state index contributed by atoms with van der Waals surface area (Å²) in [6.07, 6.45) is 9.15. The second-order valence-corrected chi connectivity index (χ2v) is 5.08. The maximum absolute atomic E-state index is 4.62. The number of rotatable bonds is 6. The Balaban J connectivity index is 2.27. The molecule has 98 valence electrons. The number of hydrogen-bond donors (Lipinski definition) is 2. The summed E-state index contributed by atoms with van der Waals surface area (Å²) in [5.41, 5.74) is 0. The molecule has 0 bridgehead atoms. The topological polar surface area (TPSA) is 36.4 Å². The number of nitrogens with zero attached hydrogens (tertiary/aromatic N) is 1. The second kappa shape index (κ2) is 8.15. The SMILES string of the molecule is CCNC(=NCCCC(C)C)NC1CC=CC1. The minimum atomic E-state index is 0.540. The first-order valence-corrected chi connectivity index (χ1v) is 6.92. The molecule has 0 aromatic heterocycles. The van der Waals surface area contributed by atoms with E-state index in [1.54, 1.807) is 0 Å². The lowest BCUT2D eigenvalue weighted by Crippen LogP contribution is -2.42. The Morgan fingerprint density at radius 3 is 2.65 bits per heavy atom. The maximum Gasteiger partial charge on any atom is 0.191 e. The summed E-state index contributed by atoms with van der Waals surface area (Å²) in [5.74, 6) is 1.75. The molecular formula is C14H27N3. The number of guanidine groups is 1. The number of hydrogen-bond acceptors (Lipinski definition) is 1. The third kappa shape index (κ3) is 6.35. The standard InChI is InChI=1S/C14H27N3/c1-4-15-14(16-11-7-8-12(2)3)17-13-9-5-6-10-13/h5-6,12-13H,4,7-11H2,1-3H3,(H2,15,16,17). The van der Waals surface area contributed by atoms with E-state index in [1.807, 2.05) is 0 Å². The molecule has 0 aromatic carbocycles. The average molecular weight is 237 g/mol. The fourth-order valence-electron chi connectivity index (χ4n) is 1.94. The monoisotopic (exact) mass is 237 g/mol. The van der Waals surface area contributed by atoms with Gasteiger partial charge in [-0.1, -0.05) is 26.0 Å². The van der Waals surface area contributed by atoms with Crippen molar-refractivity contribution in [1.29, 1.82) is 0 Å². The fraction of sp³-hybridized carbons (Fsp3) is 0.786. The third-order valence-corrected chi connectivity index (χ3v) is 2.90. The predicted octanol–water partition coefficient (Wildman–Crippen LogP) is 2.70. The molecule has 0 unspecified atom stereocenters. The molecule has 0 saturated carbocycles. The Bertz CT molecular complexity index is 248. The van der Waals surface area contributed by atoms with Gasteiger partial charge in [0.25, 0.3) is 0 Å². The minimum Gasteiger partial charge on any atom is -0.357 e. The molecule has 0 atom stereocenters. The molecule has 0 amide bonds. The summed E-state index contributed by atoms with van der Waals surface area (Å²) in [5, 5.41) is 6.79. The highest BCUT2D eigenvalue weighted by atomic mass is 15.2. The Morgan fingerprint density at radius 1 is 1.35 bits per heavy atom. The highest BCUT2D eigenvalue weighted by molar-refractivity contribution is 5.80. The summed E-state index contributed by atoms with van der Waals surface area (Å²) >= 11 is 0. The van der Waals surface area contributed by atoms with Crippen LogP contribution in [0.15, 0.2) is 17.1 Å². The van der Waals surface area contributed by atoms with Crippen LogP contribution in [0.25, 0.3) is 0 Å². The molecule has 0 saturated heterocycles. The van der Waals surface area contributed by atoms with Crippen molar-refractivity contribution in [3.8, 4) is 0 Å². The van der Waals surface area contributed by atoms with Gasteiger partial charge in [-0.05, 0) is 38.5 Å². The summed E-state index contributed by atoms with van der Waals surface area (Å²) in [6, 6.07) is 0.540. The maximum atomic E-state index is 4.62. The molecule has 0 heterocycles. The molecular weight excluding hydrogens is 210 g/mol. The Labute approximate surface area is 106 Å². The van der Waals surface area contributed by atoms with Crippen LogP contribution < -0.4 is 10.6 Å². The van der Waals surface area contributed by atoms with Crippen LogP contribution in [-0.4, -0.2) is 25.1 Å². The molecule has 0 aromatic rings. The van der Waals surface area contributed by atoms with Crippen molar-refractivity contribution in [2.75, 3.05) is 13.1 Å². The molecule has 1 aliphatic rings. The van der Waals surface area contributed by atoms with Gasteiger partial charge in [0.15, 0.2) is 5.96 Å². The van der Waals surface area contributed by atoms with Gasteiger partial charge in [0.2, 0.25) is 0 Å². The lowest BCUT2D eigenvalue weighted by molar-refractivity contribution is 0.559. The molecule has 17 heavy (non-hydrogen) atoms. The third-order valence-electron chi connectivity index (χ3n) is 2.90. The zero-order valence-electron chi connectivity index (χ0n) is 11.5. The highest BCUT2D eigenvalue weighted by Crippen LogP contribution is 2.08. The first kappa shape index (κ1) is 14.1. The lowest BCUT2D eigenvalue weighted by Gasteiger charge is -2.16. The van der Waals surface area contributed by atoms with E-state index in [-0.39, 0.29) is 0 Å². The minimum absolute atomic E-state index is 0.540. The van der Waals surface area contributed by atoms with E-state index in [2.05, 4.69) is 48.5 Å². The quantitative estimate of drug-likeness (QED) is 0.322. The van der Waals surface area contributed by atoms with Crippen LogP contribution in [0.5, 0.6) is 0 Å². The van der Waals surface area contributed by atoms with Gasteiger partial charge in [-0.3, -0.25) is 4.99 Å². The largest absolute Gasteiger partial charge is 0.357 e. The van der Waals surface area contributed by atoms with Crippen LogP contribution in [0.2, 0.25) is 0 Å². The van der Waals surface area contributed by atoms with Crippen molar-refractivity contribution in [3.63, 3.8) is 0 Å². The predicted molar refractivity (Wildman–Crippen MR) is 75.3 cm³/mol. The van der Waals surface area contributed by atoms with Gasteiger partial charge >= 0.3 is 0 Å². The normalized spacial score (nSPS) is 16.8. The van der Waals surface area contributed by atoms with Crippen LogP contribution in [0.3, 0.4) is 0 Å². The van der Waals surface area contributed by atoms with Gasteiger partial charge in [0, 0.05) is 19.1 Å². The molecule has 3 heteroatoms. The Kier molecular flexibility index (Phi) is 6.75. The molecule has 2 N–H and O–H groups in total. The van der Waals surface area contributed by atoms with E-state index in [9.17, 15) is 0 Å². The molecule has 0 fully saturated rings. The van der Waals surface area contributed by atoms with Crippen molar-refractivity contribution < 1.29 is 0 Å². The van der Waals surface area contributed by atoms with Crippen LogP contribution in [0, 0.1) is 5.92 Å². The molecule has 1 rings (SSSR count). The van der Waals surface area contributed by atoms with E-state index >= 15 is 0 Å². The highest BCUT2D eigenvalue weighted by Gasteiger charge is 2.11. The molecule has 0 aliphatic heterocycles. The van der Waals surface area contributed by atoms with Gasteiger partial charge < -0.3 is 10.6 Å². The van der Waals surface area contributed by atoms with Gasteiger partial charge in [-0.15, -0.1) is 0 Å². The van der Waals surface area contributed by atoms with Gasteiger partial charge in [0.1, 0.15) is 0 Å². The summed E-state index contributed by atoms with van der Waals surface area (Å²) in [4.78, 5) is 4.62. The Morgan fingerprint density at radius 2 is 2.06 bits per heavy atom.